The van der Waals surface area contributed by atoms with Crippen LogP contribution in [0.1, 0.15) is 29.4 Å². The van der Waals surface area contributed by atoms with Gasteiger partial charge < -0.3 is 14.7 Å². The van der Waals surface area contributed by atoms with Gasteiger partial charge in [0.25, 0.3) is 5.91 Å². The van der Waals surface area contributed by atoms with Gasteiger partial charge in [0.05, 0.1) is 12.6 Å². The van der Waals surface area contributed by atoms with Crippen molar-refractivity contribution in [1.82, 2.24) is 9.21 Å². The van der Waals surface area contributed by atoms with Crippen LogP contribution in [0.4, 0.5) is 0 Å². The van der Waals surface area contributed by atoms with E-state index >= 15 is 0 Å². The smallest absolute Gasteiger partial charge is 0.334 e. The lowest BCUT2D eigenvalue weighted by Gasteiger charge is -2.34. The van der Waals surface area contributed by atoms with Crippen molar-refractivity contribution < 1.29 is 27.9 Å². The van der Waals surface area contributed by atoms with Crippen molar-refractivity contribution in [1.29, 1.82) is 0 Å². The first-order chi connectivity index (χ1) is 11.8. The number of morpholine rings is 1. The van der Waals surface area contributed by atoms with Gasteiger partial charge in [0.15, 0.2) is 6.10 Å². The molecule has 8 nitrogen and oxygen atoms in total. The summed E-state index contributed by atoms with van der Waals surface area (Å²) in [5.41, 5.74) is 0. The van der Waals surface area contributed by atoms with Crippen molar-refractivity contribution >= 4 is 33.2 Å². The molecule has 2 fully saturated rings. The number of aliphatic carboxylic acids is 1. The van der Waals surface area contributed by atoms with Crippen molar-refractivity contribution in [2.75, 3.05) is 26.2 Å². The Morgan fingerprint density at radius 3 is 2.60 bits per heavy atom. The summed E-state index contributed by atoms with van der Waals surface area (Å²) < 4.78 is 32.3. The van der Waals surface area contributed by atoms with Crippen LogP contribution in [0, 0.1) is 0 Å². The number of hydrogen-bond donors (Lipinski definition) is 1. The van der Waals surface area contributed by atoms with E-state index in [4.69, 9.17) is 9.84 Å². The predicted molar refractivity (Wildman–Crippen MR) is 90.2 cm³/mol. The molecule has 0 saturated carbocycles. The second-order valence-electron chi connectivity index (χ2n) is 6.21. The first kappa shape index (κ1) is 18.3. The highest BCUT2D eigenvalue weighted by molar-refractivity contribution is 7.89. The molecular weight excluding hydrogens is 368 g/mol. The van der Waals surface area contributed by atoms with E-state index in [1.807, 2.05) is 0 Å². The van der Waals surface area contributed by atoms with Gasteiger partial charge in [-0.1, -0.05) is 0 Å². The molecular formula is C15H20N2O6S2. The SMILES string of the molecule is C[C@@H]1CN(C(=O)c2sccc2S(=O)(=O)N2CCCC2)CC(C(=O)O)O1. The summed E-state index contributed by atoms with van der Waals surface area (Å²) in [5.74, 6) is -1.60. The number of carboxylic acid groups (broad SMARTS) is 1. The van der Waals surface area contributed by atoms with Crippen LogP contribution in [0.5, 0.6) is 0 Å². The summed E-state index contributed by atoms with van der Waals surface area (Å²) in [6, 6.07) is 1.45. The number of amides is 1. The quantitative estimate of drug-likeness (QED) is 0.820. The molecule has 0 aliphatic carbocycles. The molecule has 10 heteroatoms. The molecule has 1 N–H and O–H groups in total. The zero-order chi connectivity index (χ0) is 18.2. The van der Waals surface area contributed by atoms with Gasteiger partial charge in [-0.2, -0.15) is 4.31 Å². The normalized spacial score (nSPS) is 25.2. The van der Waals surface area contributed by atoms with E-state index in [0.29, 0.717) is 13.1 Å². The van der Waals surface area contributed by atoms with Gasteiger partial charge in [-0.25, -0.2) is 13.2 Å². The molecule has 25 heavy (non-hydrogen) atoms. The molecule has 2 aliphatic heterocycles. The largest absolute Gasteiger partial charge is 0.479 e. The number of sulfonamides is 1. The summed E-state index contributed by atoms with van der Waals surface area (Å²) in [6.07, 6.45) is 0.0886. The second-order valence-corrected chi connectivity index (χ2v) is 9.03. The number of ether oxygens (including phenoxy) is 1. The number of rotatable bonds is 4. The first-order valence-electron chi connectivity index (χ1n) is 8.06. The molecule has 0 spiro atoms. The molecule has 1 aromatic heterocycles. The Morgan fingerprint density at radius 2 is 1.96 bits per heavy atom. The zero-order valence-electron chi connectivity index (χ0n) is 13.8. The fourth-order valence-corrected chi connectivity index (χ4v) is 6.00. The van der Waals surface area contributed by atoms with E-state index in [-0.39, 0.29) is 22.9 Å². The summed E-state index contributed by atoms with van der Waals surface area (Å²) >= 11 is 1.06. The summed E-state index contributed by atoms with van der Waals surface area (Å²) in [6.45, 7) is 2.73. The van der Waals surface area contributed by atoms with Crippen LogP contribution in [0.2, 0.25) is 0 Å². The molecule has 2 saturated heterocycles. The van der Waals surface area contributed by atoms with Crippen molar-refractivity contribution in [2.24, 2.45) is 0 Å². The fourth-order valence-electron chi connectivity index (χ4n) is 3.12. The molecule has 0 radical (unpaired) electrons. The number of carboxylic acids is 1. The Bertz CT molecular complexity index is 769. The lowest BCUT2D eigenvalue weighted by atomic mass is 10.2. The Labute approximate surface area is 150 Å². The number of thiophene rings is 1. The predicted octanol–water partition coefficient (Wildman–Crippen LogP) is 0.847. The maximum Gasteiger partial charge on any atom is 0.334 e. The topological polar surface area (TPSA) is 104 Å². The highest BCUT2D eigenvalue weighted by atomic mass is 32.2. The zero-order valence-corrected chi connectivity index (χ0v) is 15.4. The standard InChI is InChI=1S/C15H20N2O6S2/c1-10-8-16(9-11(23-10)15(19)20)14(18)13-12(4-7-24-13)25(21,22)17-5-2-3-6-17/h4,7,10-11H,2-3,5-6,8-9H2,1H3,(H,19,20)/t10-,11?/m1/s1. The van der Waals surface area contributed by atoms with Crippen LogP contribution in [-0.2, 0) is 19.6 Å². The third-order valence-corrected chi connectivity index (χ3v) is 7.30. The van der Waals surface area contributed by atoms with Crippen LogP contribution < -0.4 is 0 Å². The summed E-state index contributed by atoms with van der Waals surface area (Å²) in [5, 5.41) is 10.7. The average molecular weight is 388 g/mol. The number of carbonyl (C=O) groups is 2. The lowest BCUT2D eigenvalue weighted by molar-refractivity contribution is -0.160. The van der Waals surface area contributed by atoms with Crippen LogP contribution in [0.3, 0.4) is 0 Å². The van der Waals surface area contributed by atoms with E-state index in [2.05, 4.69) is 0 Å². The Kier molecular flexibility index (Phi) is 5.14. The maximum absolute atomic E-state index is 12.9. The van der Waals surface area contributed by atoms with Gasteiger partial charge in [-0.3, -0.25) is 4.79 Å². The molecule has 1 unspecified atom stereocenters. The van der Waals surface area contributed by atoms with Gasteiger partial charge in [-0.15, -0.1) is 11.3 Å². The van der Waals surface area contributed by atoms with Crippen molar-refractivity contribution in [3.63, 3.8) is 0 Å². The van der Waals surface area contributed by atoms with E-state index in [0.717, 1.165) is 24.2 Å². The molecule has 1 aromatic rings. The minimum Gasteiger partial charge on any atom is -0.479 e. The van der Waals surface area contributed by atoms with Crippen LogP contribution in [-0.4, -0.2) is 73.0 Å². The second kappa shape index (κ2) is 7.02. The van der Waals surface area contributed by atoms with Crippen LogP contribution in [0.15, 0.2) is 16.3 Å². The molecule has 1 amide bonds. The number of nitrogens with zero attached hydrogens (tertiary/aromatic N) is 2. The monoisotopic (exact) mass is 388 g/mol. The first-order valence-corrected chi connectivity index (χ1v) is 10.4. The maximum atomic E-state index is 12.9. The molecule has 3 heterocycles. The van der Waals surface area contributed by atoms with Crippen molar-refractivity contribution in [3.8, 4) is 0 Å². The molecule has 0 aromatic carbocycles. The molecule has 2 aliphatic rings. The van der Waals surface area contributed by atoms with Crippen LogP contribution in [0.25, 0.3) is 0 Å². The molecule has 3 rings (SSSR count). The third kappa shape index (κ3) is 3.57. The Hall–Kier alpha value is -1.49. The summed E-state index contributed by atoms with van der Waals surface area (Å²) in [4.78, 5) is 25.6. The number of carbonyl (C=O) groups excluding carboxylic acids is 1. The molecule has 2 atom stereocenters. The van der Waals surface area contributed by atoms with E-state index in [1.54, 1.807) is 12.3 Å². The van der Waals surface area contributed by atoms with E-state index in [1.165, 1.54) is 15.3 Å². The Morgan fingerprint density at radius 1 is 1.28 bits per heavy atom. The highest BCUT2D eigenvalue weighted by Crippen LogP contribution is 2.29. The van der Waals surface area contributed by atoms with Gasteiger partial charge in [0.2, 0.25) is 10.0 Å². The molecule has 0 bridgehead atoms. The van der Waals surface area contributed by atoms with Crippen molar-refractivity contribution in [3.05, 3.63) is 16.3 Å². The Balaban J connectivity index is 1.86. The third-order valence-electron chi connectivity index (χ3n) is 4.33. The minimum absolute atomic E-state index is 0.00965. The fraction of sp³-hybridized carbons (Fsp3) is 0.600. The molecule has 138 valence electrons. The van der Waals surface area contributed by atoms with Crippen LogP contribution >= 0.6 is 11.3 Å². The van der Waals surface area contributed by atoms with E-state index < -0.39 is 34.1 Å². The number of hydrogen-bond acceptors (Lipinski definition) is 6. The highest BCUT2D eigenvalue weighted by Gasteiger charge is 2.37. The van der Waals surface area contributed by atoms with Gasteiger partial charge in [0.1, 0.15) is 9.77 Å². The van der Waals surface area contributed by atoms with Gasteiger partial charge in [0, 0.05) is 19.6 Å². The average Bonchev–Trinajstić information content (AvgIpc) is 3.25. The minimum atomic E-state index is -3.70. The van der Waals surface area contributed by atoms with Crippen molar-refractivity contribution in [2.45, 2.75) is 36.9 Å². The lowest BCUT2D eigenvalue weighted by Crippen LogP contribution is -2.51. The van der Waals surface area contributed by atoms with E-state index in [9.17, 15) is 18.0 Å². The summed E-state index contributed by atoms with van der Waals surface area (Å²) in [7, 11) is -3.70. The van der Waals surface area contributed by atoms with Gasteiger partial charge in [-0.05, 0) is 31.2 Å². The van der Waals surface area contributed by atoms with Gasteiger partial charge >= 0.3 is 5.97 Å².